The van der Waals surface area contributed by atoms with Crippen molar-refractivity contribution in [3.8, 4) is 0 Å². The van der Waals surface area contributed by atoms with Crippen molar-refractivity contribution in [2.45, 2.75) is 70.3 Å². The lowest BCUT2D eigenvalue weighted by Gasteiger charge is -2.33. The quantitative estimate of drug-likeness (QED) is 0.372. The second-order valence-electron chi connectivity index (χ2n) is 9.50. The van der Waals surface area contributed by atoms with Crippen LogP contribution in [0.3, 0.4) is 0 Å². The van der Waals surface area contributed by atoms with Gasteiger partial charge in [-0.05, 0) is 53.0 Å². The Kier molecular flexibility index (Phi) is 7.89. The first-order valence-electron chi connectivity index (χ1n) is 10.7. The lowest BCUT2D eigenvalue weighted by atomic mass is 9.80. The molecule has 3 rings (SSSR count). The number of ether oxygens (including phenoxy) is 3. The number of halogens is 5. The second-order valence-corrected chi connectivity index (χ2v) is 12.1. The summed E-state index contributed by atoms with van der Waals surface area (Å²) in [7, 11) is 1.28. The first-order valence-corrected chi connectivity index (χ1v) is 12.7. The Morgan fingerprint density at radius 3 is 2.44 bits per heavy atom. The highest BCUT2D eigenvalue weighted by Crippen LogP contribution is 2.48. The van der Waals surface area contributed by atoms with Crippen LogP contribution in [0.1, 0.15) is 63.6 Å². The van der Waals surface area contributed by atoms with E-state index in [0.717, 1.165) is 5.01 Å². The molecule has 0 bridgehead atoms. The molecule has 1 atom stereocenters. The van der Waals surface area contributed by atoms with Crippen LogP contribution in [-0.4, -0.2) is 48.1 Å². The van der Waals surface area contributed by atoms with Crippen molar-refractivity contribution in [2.75, 3.05) is 20.2 Å². The molecule has 0 N–H and O–H groups in total. The lowest BCUT2D eigenvalue weighted by Crippen LogP contribution is -2.41. The van der Waals surface area contributed by atoms with Gasteiger partial charge in [0.05, 0.1) is 17.8 Å². The summed E-state index contributed by atoms with van der Waals surface area (Å²) in [4.78, 5) is 18.8. The van der Waals surface area contributed by atoms with Gasteiger partial charge in [-0.15, -0.1) is 24.5 Å². The van der Waals surface area contributed by atoms with E-state index in [9.17, 15) is 18.0 Å². The maximum Gasteiger partial charge on any atom is 0.573 e. The molecule has 1 aliphatic carbocycles. The summed E-state index contributed by atoms with van der Waals surface area (Å²) in [5, 5.41) is 0.800. The third-order valence-electron chi connectivity index (χ3n) is 5.51. The predicted molar refractivity (Wildman–Crippen MR) is 127 cm³/mol. The third-order valence-corrected chi connectivity index (χ3v) is 7.57. The zero-order chi connectivity index (χ0) is 25.5. The number of hydrogen-bond donors (Lipinski definition) is 0. The van der Waals surface area contributed by atoms with Crippen LogP contribution in [0.4, 0.5) is 18.0 Å². The van der Waals surface area contributed by atoms with Crippen LogP contribution in [0.5, 0.6) is 0 Å². The van der Waals surface area contributed by atoms with Crippen molar-refractivity contribution < 1.29 is 32.2 Å². The summed E-state index contributed by atoms with van der Waals surface area (Å²) >= 11 is 11.2. The van der Waals surface area contributed by atoms with Crippen molar-refractivity contribution in [3.63, 3.8) is 0 Å². The van der Waals surface area contributed by atoms with Gasteiger partial charge in [-0.25, -0.2) is 9.78 Å². The van der Waals surface area contributed by atoms with Gasteiger partial charge in [-0.2, -0.15) is 0 Å². The standard InChI is InChI=1S/C22H27BrClF3N2O4S/c1-20(2,3)33-19(30)29-8-6-12(7-9-29)18-28-16(17(24)34-18)21(4)10-13(23)15(31-5)14(11-21)32-22(25,26)27/h11-12H,6-10H2,1-5H3. The molecule has 0 spiro atoms. The Morgan fingerprint density at radius 1 is 1.29 bits per heavy atom. The van der Waals surface area contributed by atoms with E-state index in [4.69, 9.17) is 26.1 Å². The van der Waals surface area contributed by atoms with Gasteiger partial charge in [0.1, 0.15) is 9.94 Å². The summed E-state index contributed by atoms with van der Waals surface area (Å²) in [6.07, 6.45) is -2.17. The molecule has 0 aromatic carbocycles. The molecule has 12 heteroatoms. The van der Waals surface area contributed by atoms with Gasteiger partial charge in [-0.1, -0.05) is 27.5 Å². The maximum absolute atomic E-state index is 13.0. The minimum Gasteiger partial charge on any atom is -0.492 e. The molecule has 6 nitrogen and oxygen atoms in total. The van der Waals surface area contributed by atoms with Gasteiger partial charge in [0, 0.05) is 28.9 Å². The molecule has 2 aliphatic rings. The number of likely N-dealkylation sites (tertiary alicyclic amines) is 1. The first-order chi connectivity index (χ1) is 15.6. The number of aromatic nitrogens is 1. The summed E-state index contributed by atoms with van der Waals surface area (Å²) < 4.78 is 54.7. The molecule has 1 aromatic heterocycles. The van der Waals surface area contributed by atoms with Crippen molar-refractivity contribution in [2.24, 2.45) is 0 Å². The average molecular weight is 588 g/mol. The van der Waals surface area contributed by atoms with Crippen LogP contribution in [0.2, 0.25) is 4.34 Å². The van der Waals surface area contributed by atoms with Crippen LogP contribution in [-0.2, 0) is 19.6 Å². The maximum atomic E-state index is 13.0. The Bertz CT molecular complexity index is 997. The molecule has 2 heterocycles. The van der Waals surface area contributed by atoms with E-state index in [2.05, 4.69) is 20.7 Å². The van der Waals surface area contributed by atoms with E-state index in [1.807, 2.05) is 20.8 Å². The van der Waals surface area contributed by atoms with Crippen LogP contribution in [0.15, 0.2) is 22.1 Å². The Labute approximate surface area is 214 Å². The molecule has 1 amide bonds. The number of alkyl halides is 3. The molecule has 0 saturated carbocycles. The minimum atomic E-state index is -4.87. The molecule has 1 aromatic rings. The first kappa shape index (κ1) is 27.1. The van der Waals surface area contributed by atoms with Gasteiger partial charge < -0.3 is 19.1 Å². The third kappa shape index (κ3) is 6.40. The van der Waals surface area contributed by atoms with Gasteiger partial charge in [0.15, 0.2) is 11.5 Å². The molecule has 1 aliphatic heterocycles. The average Bonchev–Trinajstić information content (AvgIpc) is 3.08. The van der Waals surface area contributed by atoms with Gasteiger partial charge >= 0.3 is 12.5 Å². The molecule has 34 heavy (non-hydrogen) atoms. The molecule has 1 saturated heterocycles. The highest BCUT2D eigenvalue weighted by molar-refractivity contribution is 9.11. The number of thiazole rings is 1. The predicted octanol–water partition coefficient (Wildman–Crippen LogP) is 7.25. The summed E-state index contributed by atoms with van der Waals surface area (Å²) in [6, 6.07) is 0. The summed E-state index contributed by atoms with van der Waals surface area (Å²) in [5.41, 5.74) is -1.02. The van der Waals surface area contributed by atoms with Crippen molar-refractivity contribution in [3.05, 3.63) is 37.1 Å². The molecule has 0 radical (unpaired) electrons. The Morgan fingerprint density at radius 2 is 1.91 bits per heavy atom. The fraction of sp³-hybridized carbons (Fsp3) is 0.636. The number of carbonyl (C=O) groups is 1. The van der Waals surface area contributed by atoms with Gasteiger partial charge in [0.25, 0.3) is 0 Å². The van der Waals surface area contributed by atoms with E-state index in [0.29, 0.717) is 46.9 Å². The Hall–Kier alpha value is -1.46. The molecular formula is C22H27BrClF3N2O4S. The summed E-state index contributed by atoms with van der Waals surface area (Å²) in [6.45, 7) is 8.29. The Balaban J connectivity index is 1.80. The van der Waals surface area contributed by atoms with Crippen molar-refractivity contribution >= 4 is 45.0 Å². The van der Waals surface area contributed by atoms with Crippen LogP contribution >= 0.6 is 38.9 Å². The second kappa shape index (κ2) is 9.89. The van der Waals surface area contributed by atoms with Crippen molar-refractivity contribution in [1.29, 1.82) is 0 Å². The topological polar surface area (TPSA) is 60.9 Å². The van der Waals surface area contributed by atoms with Crippen LogP contribution in [0.25, 0.3) is 0 Å². The number of rotatable bonds is 4. The molecule has 1 fully saturated rings. The monoisotopic (exact) mass is 586 g/mol. The highest BCUT2D eigenvalue weighted by atomic mass is 79.9. The van der Waals surface area contributed by atoms with E-state index in [1.165, 1.54) is 24.5 Å². The molecule has 190 valence electrons. The number of nitrogens with zero attached hydrogens (tertiary/aromatic N) is 2. The number of carbonyl (C=O) groups excluding carboxylic acids is 1. The van der Waals surface area contributed by atoms with E-state index >= 15 is 0 Å². The number of methoxy groups -OCH3 is 1. The summed E-state index contributed by atoms with van der Waals surface area (Å²) in [5.74, 6) is -0.367. The van der Waals surface area contributed by atoms with E-state index < -0.39 is 23.1 Å². The van der Waals surface area contributed by atoms with Gasteiger partial charge in [-0.3, -0.25) is 0 Å². The smallest absolute Gasteiger partial charge is 0.492 e. The SMILES string of the molecule is COC1=C(Br)CC(C)(c2nc(C3CCN(C(=O)OC(C)(C)C)CC3)sc2Cl)C=C1OC(F)(F)F. The van der Waals surface area contributed by atoms with E-state index in [1.54, 1.807) is 11.8 Å². The van der Waals surface area contributed by atoms with Crippen LogP contribution < -0.4 is 0 Å². The number of piperidine rings is 1. The number of amides is 1. The zero-order valence-electron chi connectivity index (χ0n) is 19.5. The minimum absolute atomic E-state index is 0.0177. The normalized spacial score (nSPS) is 22.5. The highest BCUT2D eigenvalue weighted by Gasteiger charge is 2.42. The lowest BCUT2D eigenvalue weighted by molar-refractivity contribution is -0.305. The van der Waals surface area contributed by atoms with Gasteiger partial charge in [0.2, 0.25) is 0 Å². The number of hydrogen-bond acceptors (Lipinski definition) is 6. The zero-order valence-corrected chi connectivity index (χ0v) is 22.7. The largest absolute Gasteiger partial charge is 0.573 e. The molecular weight excluding hydrogens is 561 g/mol. The van der Waals surface area contributed by atoms with E-state index in [-0.39, 0.29) is 17.8 Å². The number of allylic oxidation sites excluding steroid dienone is 2. The fourth-order valence-corrected chi connectivity index (χ4v) is 6.52. The van der Waals surface area contributed by atoms with Crippen LogP contribution in [0, 0.1) is 0 Å². The van der Waals surface area contributed by atoms with Crippen molar-refractivity contribution in [1.82, 2.24) is 9.88 Å². The fourth-order valence-electron chi connectivity index (χ4n) is 3.99. The molecule has 1 unspecified atom stereocenters.